The molecule has 2 aromatic heterocycles. The molecule has 2 rings (SSSR count). The van der Waals surface area contributed by atoms with Gasteiger partial charge in [-0.15, -0.1) is 21.8 Å². The summed E-state index contributed by atoms with van der Waals surface area (Å²) in [7, 11) is 0. The highest BCUT2D eigenvalue weighted by atomic mass is 35.5. The van der Waals surface area contributed by atoms with Crippen molar-refractivity contribution in [2.45, 2.75) is 25.6 Å². The van der Waals surface area contributed by atoms with E-state index in [1.165, 1.54) is 11.3 Å². The van der Waals surface area contributed by atoms with E-state index in [1.807, 2.05) is 19.1 Å². The SMILES string of the molecule is CCc1ccc(-c2nnc(C(C)Cl)s2)o1. The van der Waals surface area contributed by atoms with Gasteiger partial charge in [0, 0.05) is 6.42 Å². The molecule has 0 spiro atoms. The van der Waals surface area contributed by atoms with Crippen molar-refractivity contribution in [2.75, 3.05) is 0 Å². The fraction of sp³-hybridized carbons (Fsp3) is 0.400. The quantitative estimate of drug-likeness (QED) is 0.771. The highest BCUT2D eigenvalue weighted by Gasteiger charge is 2.13. The Bertz CT molecular complexity index is 450. The van der Waals surface area contributed by atoms with Crippen molar-refractivity contribution in [3.8, 4) is 10.8 Å². The van der Waals surface area contributed by atoms with Crippen LogP contribution in [0, 0.1) is 0 Å². The standard InChI is InChI=1S/C10H11ClN2OS/c1-3-7-4-5-8(14-7)10-13-12-9(15-10)6(2)11/h4-6H,3H2,1-2H3. The average molecular weight is 243 g/mol. The molecule has 80 valence electrons. The number of halogens is 1. The molecule has 1 atom stereocenters. The number of aromatic nitrogens is 2. The second-order valence-electron chi connectivity index (χ2n) is 3.18. The molecule has 5 heteroatoms. The van der Waals surface area contributed by atoms with Crippen LogP contribution in [0.4, 0.5) is 0 Å². The van der Waals surface area contributed by atoms with E-state index in [2.05, 4.69) is 17.1 Å². The van der Waals surface area contributed by atoms with Gasteiger partial charge in [-0.25, -0.2) is 0 Å². The third-order valence-electron chi connectivity index (χ3n) is 2.00. The Labute approximate surface area is 97.1 Å². The van der Waals surface area contributed by atoms with Crippen LogP contribution >= 0.6 is 22.9 Å². The van der Waals surface area contributed by atoms with E-state index >= 15 is 0 Å². The fourth-order valence-electron chi connectivity index (χ4n) is 1.18. The summed E-state index contributed by atoms with van der Waals surface area (Å²) in [5, 5.41) is 9.56. The van der Waals surface area contributed by atoms with Crippen LogP contribution in [0.1, 0.15) is 30.0 Å². The topological polar surface area (TPSA) is 38.9 Å². The Hall–Kier alpha value is -0.870. The minimum absolute atomic E-state index is 0.100. The van der Waals surface area contributed by atoms with E-state index in [4.69, 9.17) is 16.0 Å². The van der Waals surface area contributed by atoms with Crippen molar-refractivity contribution in [2.24, 2.45) is 0 Å². The van der Waals surface area contributed by atoms with E-state index in [0.717, 1.165) is 28.0 Å². The lowest BCUT2D eigenvalue weighted by Gasteiger charge is -1.91. The third-order valence-corrected chi connectivity index (χ3v) is 3.46. The molecular formula is C10H11ClN2OS. The molecule has 0 N–H and O–H groups in total. The number of alkyl halides is 1. The van der Waals surface area contributed by atoms with Crippen LogP contribution in [0.2, 0.25) is 0 Å². The van der Waals surface area contributed by atoms with E-state index in [1.54, 1.807) is 0 Å². The fourth-order valence-corrected chi connectivity index (χ4v) is 2.09. The first-order valence-electron chi connectivity index (χ1n) is 4.77. The Balaban J connectivity index is 2.28. The molecular weight excluding hydrogens is 232 g/mol. The van der Waals surface area contributed by atoms with Gasteiger partial charge in [0.1, 0.15) is 10.8 Å². The number of rotatable bonds is 3. The molecule has 0 aliphatic carbocycles. The molecule has 3 nitrogen and oxygen atoms in total. The van der Waals surface area contributed by atoms with Crippen LogP contribution in [0.15, 0.2) is 16.5 Å². The predicted octanol–water partition coefficient (Wildman–Crippen LogP) is 3.66. The normalized spacial score (nSPS) is 13.0. The lowest BCUT2D eigenvalue weighted by atomic mass is 10.4. The molecule has 0 bridgehead atoms. The van der Waals surface area contributed by atoms with Crippen LogP contribution in [-0.2, 0) is 6.42 Å². The van der Waals surface area contributed by atoms with Crippen molar-refractivity contribution in [3.05, 3.63) is 22.9 Å². The smallest absolute Gasteiger partial charge is 0.183 e. The summed E-state index contributed by atoms with van der Waals surface area (Å²) in [5.41, 5.74) is 0. The summed E-state index contributed by atoms with van der Waals surface area (Å²) in [6.45, 7) is 3.93. The first kappa shape index (κ1) is 10.6. The number of aryl methyl sites for hydroxylation is 1. The van der Waals surface area contributed by atoms with Crippen molar-refractivity contribution in [1.82, 2.24) is 10.2 Å². The molecule has 0 fully saturated rings. The molecule has 2 aromatic rings. The second-order valence-corrected chi connectivity index (χ2v) is 4.84. The van der Waals surface area contributed by atoms with E-state index < -0.39 is 0 Å². The number of furan rings is 1. The predicted molar refractivity (Wildman–Crippen MR) is 61.3 cm³/mol. The first-order chi connectivity index (χ1) is 7.20. The van der Waals surface area contributed by atoms with Crippen LogP contribution < -0.4 is 0 Å². The maximum Gasteiger partial charge on any atom is 0.183 e. The summed E-state index contributed by atoms with van der Waals surface area (Å²) in [4.78, 5) is 0. The van der Waals surface area contributed by atoms with Gasteiger partial charge in [0.05, 0.1) is 5.38 Å². The Morgan fingerprint density at radius 2 is 2.27 bits per heavy atom. The van der Waals surface area contributed by atoms with Crippen LogP contribution in [0.3, 0.4) is 0 Å². The first-order valence-corrected chi connectivity index (χ1v) is 6.02. The third kappa shape index (κ3) is 2.21. The summed E-state index contributed by atoms with van der Waals surface area (Å²) in [6, 6.07) is 3.88. The minimum atomic E-state index is -0.100. The van der Waals surface area contributed by atoms with Gasteiger partial charge in [-0.2, -0.15) is 0 Å². The Morgan fingerprint density at radius 1 is 1.47 bits per heavy atom. The van der Waals surface area contributed by atoms with Gasteiger partial charge in [-0.1, -0.05) is 18.3 Å². The largest absolute Gasteiger partial charge is 0.459 e. The lowest BCUT2D eigenvalue weighted by Crippen LogP contribution is -1.80. The van der Waals surface area contributed by atoms with Gasteiger partial charge in [0.15, 0.2) is 10.8 Å². The zero-order chi connectivity index (χ0) is 10.8. The van der Waals surface area contributed by atoms with Crippen LogP contribution in [-0.4, -0.2) is 10.2 Å². The highest BCUT2D eigenvalue weighted by molar-refractivity contribution is 7.14. The van der Waals surface area contributed by atoms with E-state index in [-0.39, 0.29) is 5.38 Å². The minimum Gasteiger partial charge on any atom is -0.459 e. The maximum absolute atomic E-state index is 5.91. The maximum atomic E-state index is 5.91. The van der Waals surface area contributed by atoms with Crippen molar-refractivity contribution in [3.63, 3.8) is 0 Å². The Morgan fingerprint density at radius 3 is 2.80 bits per heavy atom. The van der Waals surface area contributed by atoms with E-state index in [0.29, 0.717) is 0 Å². The average Bonchev–Trinajstić information content (AvgIpc) is 2.86. The monoisotopic (exact) mass is 242 g/mol. The number of hydrogen-bond donors (Lipinski definition) is 0. The summed E-state index contributed by atoms with van der Waals surface area (Å²) < 4.78 is 5.58. The Kier molecular flexibility index (Phi) is 3.07. The molecule has 2 heterocycles. The summed E-state index contributed by atoms with van der Waals surface area (Å²) >= 11 is 7.38. The van der Waals surface area contributed by atoms with Gasteiger partial charge in [-0.05, 0) is 19.1 Å². The van der Waals surface area contributed by atoms with Gasteiger partial charge < -0.3 is 4.42 Å². The van der Waals surface area contributed by atoms with Crippen molar-refractivity contribution < 1.29 is 4.42 Å². The van der Waals surface area contributed by atoms with Gasteiger partial charge in [0.25, 0.3) is 0 Å². The lowest BCUT2D eigenvalue weighted by molar-refractivity contribution is 0.528. The molecule has 0 saturated heterocycles. The molecule has 0 aliphatic heterocycles. The molecule has 15 heavy (non-hydrogen) atoms. The highest BCUT2D eigenvalue weighted by Crippen LogP contribution is 2.30. The molecule has 0 radical (unpaired) electrons. The van der Waals surface area contributed by atoms with Gasteiger partial charge in [0.2, 0.25) is 0 Å². The van der Waals surface area contributed by atoms with Gasteiger partial charge >= 0.3 is 0 Å². The molecule has 1 unspecified atom stereocenters. The van der Waals surface area contributed by atoms with Crippen LogP contribution in [0.25, 0.3) is 10.8 Å². The number of hydrogen-bond acceptors (Lipinski definition) is 4. The van der Waals surface area contributed by atoms with Gasteiger partial charge in [-0.3, -0.25) is 0 Å². The molecule has 0 aliphatic rings. The molecule has 0 saturated carbocycles. The molecule has 0 amide bonds. The summed E-state index contributed by atoms with van der Waals surface area (Å²) in [6.07, 6.45) is 0.886. The number of nitrogens with zero attached hydrogens (tertiary/aromatic N) is 2. The second kappa shape index (κ2) is 4.33. The van der Waals surface area contributed by atoms with Crippen molar-refractivity contribution >= 4 is 22.9 Å². The van der Waals surface area contributed by atoms with Crippen LogP contribution in [0.5, 0.6) is 0 Å². The molecule has 0 aromatic carbocycles. The summed E-state index contributed by atoms with van der Waals surface area (Å²) in [5.74, 6) is 1.73. The zero-order valence-electron chi connectivity index (χ0n) is 8.53. The zero-order valence-corrected chi connectivity index (χ0v) is 10.1. The van der Waals surface area contributed by atoms with Crippen molar-refractivity contribution in [1.29, 1.82) is 0 Å². The van der Waals surface area contributed by atoms with E-state index in [9.17, 15) is 0 Å².